The highest BCUT2D eigenvalue weighted by molar-refractivity contribution is 5.67. The predicted octanol–water partition coefficient (Wildman–Crippen LogP) is 2.50. The summed E-state index contributed by atoms with van der Waals surface area (Å²) in [7, 11) is 0. The zero-order valence-corrected chi connectivity index (χ0v) is 36.3. The maximum Gasteiger partial charge on any atom is 0.303 e. The van der Waals surface area contributed by atoms with Crippen LogP contribution < -0.4 is 0 Å². The number of hydrogen-bond donors (Lipinski definition) is 6. The minimum absolute atomic E-state index is 0.0659. The van der Waals surface area contributed by atoms with Gasteiger partial charge in [0, 0.05) is 19.8 Å². The minimum Gasteiger partial charge on any atom is -0.455 e. The fraction of sp³-hybridized carbons (Fsp3) is 0.955. The van der Waals surface area contributed by atoms with Gasteiger partial charge in [0.05, 0.1) is 48.8 Å². The Morgan fingerprint density at radius 3 is 1.98 bits per heavy atom. The van der Waals surface area contributed by atoms with Crippen molar-refractivity contribution in [1.29, 1.82) is 0 Å². The van der Waals surface area contributed by atoms with Gasteiger partial charge >= 0.3 is 11.9 Å². The molecule has 0 amide bonds. The smallest absolute Gasteiger partial charge is 0.303 e. The Bertz CT molecular complexity index is 1630. The molecule has 59 heavy (non-hydrogen) atoms. The van der Waals surface area contributed by atoms with E-state index in [1.165, 1.54) is 13.8 Å². The van der Waals surface area contributed by atoms with Gasteiger partial charge in [0.15, 0.2) is 24.8 Å². The third kappa shape index (κ3) is 6.60. The van der Waals surface area contributed by atoms with Crippen LogP contribution in [0.1, 0.15) is 120 Å². The lowest BCUT2D eigenvalue weighted by Gasteiger charge is -2.65. The first kappa shape index (κ1) is 44.1. The van der Waals surface area contributed by atoms with Crippen molar-refractivity contribution in [3.05, 3.63) is 0 Å². The van der Waals surface area contributed by atoms with E-state index in [1.807, 2.05) is 0 Å². The predicted molar refractivity (Wildman–Crippen MR) is 207 cm³/mol. The Labute approximate surface area is 347 Å². The summed E-state index contributed by atoms with van der Waals surface area (Å²) in [5, 5.41) is 66.3. The number of fused-ring (bicyclic) bond motifs is 2. The van der Waals surface area contributed by atoms with Crippen molar-refractivity contribution in [1.82, 2.24) is 0 Å². The molecule has 0 aromatic rings. The number of carbonyl (C=O) groups is 2. The Morgan fingerprint density at radius 1 is 0.695 bits per heavy atom. The van der Waals surface area contributed by atoms with Crippen molar-refractivity contribution in [2.45, 2.75) is 205 Å². The van der Waals surface area contributed by atoms with Gasteiger partial charge in [-0.2, -0.15) is 0 Å². The largest absolute Gasteiger partial charge is 0.455 e. The Morgan fingerprint density at radius 2 is 1.34 bits per heavy atom. The number of aliphatic hydroxyl groups excluding tert-OH is 5. The molecule has 15 heteroatoms. The summed E-state index contributed by atoms with van der Waals surface area (Å²) < 4.78 is 43.5. The molecule has 2 spiro atoms. The molecule has 3 heterocycles. The second kappa shape index (κ2) is 14.5. The van der Waals surface area contributed by atoms with Gasteiger partial charge < -0.3 is 63.8 Å². The molecule has 15 nitrogen and oxygen atoms in total. The Balaban J connectivity index is 1.13. The summed E-state index contributed by atoms with van der Waals surface area (Å²) in [6.45, 7) is 16.7. The minimum atomic E-state index is -1.49. The molecule has 0 bridgehead atoms. The molecule has 8 rings (SSSR count). The molecule has 0 unspecified atom stereocenters. The van der Waals surface area contributed by atoms with Crippen LogP contribution in [0.3, 0.4) is 0 Å². The third-order valence-electron chi connectivity index (χ3n) is 17.8. The summed E-state index contributed by atoms with van der Waals surface area (Å²) in [6, 6.07) is 0. The van der Waals surface area contributed by atoms with Crippen molar-refractivity contribution in [3.8, 4) is 0 Å². The molecule has 20 atom stereocenters. The van der Waals surface area contributed by atoms with Crippen molar-refractivity contribution in [3.63, 3.8) is 0 Å². The van der Waals surface area contributed by atoms with Crippen LogP contribution in [0.2, 0.25) is 0 Å². The number of carbonyl (C=O) groups excluding carboxylic acids is 2. The molecular formula is C44H70O15. The average molecular weight is 839 g/mol. The fourth-order valence-corrected chi connectivity index (χ4v) is 15.2. The van der Waals surface area contributed by atoms with E-state index in [0.717, 1.165) is 32.1 Å². The van der Waals surface area contributed by atoms with E-state index < -0.39 is 96.1 Å². The lowest BCUT2D eigenvalue weighted by Crippen LogP contribution is -2.65. The van der Waals surface area contributed by atoms with Gasteiger partial charge in [0.2, 0.25) is 0 Å². The van der Waals surface area contributed by atoms with Crippen LogP contribution >= 0.6 is 0 Å². The first-order chi connectivity index (χ1) is 27.3. The average Bonchev–Trinajstić information content (AvgIpc) is 3.49. The van der Waals surface area contributed by atoms with Gasteiger partial charge in [-0.05, 0) is 117 Å². The van der Waals surface area contributed by atoms with E-state index in [9.17, 15) is 40.2 Å². The molecule has 0 aromatic heterocycles. The second-order valence-corrected chi connectivity index (χ2v) is 21.8. The van der Waals surface area contributed by atoms with Gasteiger partial charge in [0.1, 0.15) is 24.4 Å². The van der Waals surface area contributed by atoms with E-state index >= 15 is 0 Å². The normalized spacial score (nSPS) is 54.0. The molecular weight excluding hydrogens is 768 g/mol. The first-order valence-electron chi connectivity index (χ1n) is 22.0. The number of ether oxygens (including phenoxy) is 7. The van der Waals surface area contributed by atoms with Gasteiger partial charge in [-0.15, -0.1) is 0 Å². The summed E-state index contributed by atoms with van der Waals surface area (Å²) in [5.41, 5.74) is -3.16. The quantitative estimate of drug-likeness (QED) is 0.153. The van der Waals surface area contributed by atoms with Crippen LogP contribution in [-0.4, -0.2) is 141 Å². The van der Waals surface area contributed by atoms with E-state index in [-0.39, 0.29) is 58.7 Å². The highest BCUT2D eigenvalue weighted by Crippen LogP contribution is 2.89. The van der Waals surface area contributed by atoms with Crippen LogP contribution in [0.15, 0.2) is 0 Å². The zero-order valence-electron chi connectivity index (χ0n) is 36.3. The summed E-state index contributed by atoms with van der Waals surface area (Å²) in [6.07, 6.45) is -5.24. The van der Waals surface area contributed by atoms with Crippen LogP contribution in [0, 0.1) is 44.8 Å². The Hall–Kier alpha value is -1.50. The molecule has 3 saturated heterocycles. The summed E-state index contributed by atoms with van der Waals surface area (Å²) in [4.78, 5) is 24.4. The monoisotopic (exact) mass is 838 g/mol. The van der Waals surface area contributed by atoms with E-state index in [2.05, 4.69) is 34.6 Å². The van der Waals surface area contributed by atoms with E-state index in [1.54, 1.807) is 13.8 Å². The maximum absolute atomic E-state index is 12.3. The molecule has 0 radical (unpaired) electrons. The van der Waals surface area contributed by atoms with Crippen molar-refractivity contribution < 1.29 is 73.4 Å². The van der Waals surface area contributed by atoms with Gasteiger partial charge in [-0.3, -0.25) is 9.59 Å². The molecule has 5 aliphatic carbocycles. The highest BCUT2D eigenvalue weighted by atomic mass is 16.7. The molecule has 8 aliphatic rings. The zero-order chi connectivity index (χ0) is 43.0. The van der Waals surface area contributed by atoms with E-state index in [0.29, 0.717) is 25.7 Å². The van der Waals surface area contributed by atoms with Gasteiger partial charge in [-0.1, -0.05) is 27.7 Å². The molecule has 5 saturated carbocycles. The fourth-order valence-electron chi connectivity index (χ4n) is 15.2. The third-order valence-corrected chi connectivity index (χ3v) is 17.8. The van der Waals surface area contributed by atoms with Gasteiger partial charge in [0.25, 0.3) is 0 Å². The number of esters is 2. The highest BCUT2D eigenvalue weighted by Gasteiger charge is 2.85. The van der Waals surface area contributed by atoms with Crippen LogP contribution in [0.4, 0.5) is 0 Å². The standard InChI is InChI=1S/C44H70O15/c1-21(45)55-32-25(49)19-54-37(33(32)56-22(2)46)58-28-11-13-44-20-43(44)15-14-40(7)34(42(9)12-10-29(59-42)39(5,6)52)23(47)17-41(40,8)27(43)16-26(35(44)38(28,3)4)57-36-31(51)30(50)24(48)18-53-36/h23-37,47-52H,10-20H2,1-9H3/t23-,24-,25+,26-,27-,28-,29+,30+,31-,32-,33+,34-,35-,36+,37-,40+,41-,42-,43-,44+/m0/s1. The number of hydrogen-bond acceptors (Lipinski definition) is 15. The number of aliphatic hydroxyl groups is 6. The van der Waals surface area contributed by atoms with Crippen molar-refractivity contribution >= 4 is 11.9 Å². The van der Waals surface area contributed by atoms with Crippen LogP contribution in [0.5, 0.6) is 0 Å². The lowest BCUT2D eigenvalue weighted by molar-refractivity contribution is -0.327. The lowest BCUT2D eigenvalue weighted by atomic mass is 9.41. The molecule has 336 valence electrons. The molecule has 8 fully saturated rings. The topological polar surface area (TPSA) is 220 Å². The Kier molecular flexibility index (Phi) is 10.9. The SMILES string of the molecule is CC(=O)O[C@@H]1[C@@H](OC(C)=O)[C@H](O[C@H]2CC[C@]34C[C@]35CC[C@]3(C)[C@@H]([C@]6(C)CC[C@H](C(C)(C)O)O6)[C@@H](O)C[C@@]3(C)[C@@H]5C[C@H](O[C@H]3OC[C@H](O)[C@@H](O)[C@@H]3O)[C@H]4C2(C)C)OC[C@H]1O. The van der Waals surface area contributed by atoms with Crippen LogP contribution in [-0.2, 0) is 42.7 Å². The summed E-state index contributed by atoms with van der Waals surface area (Å²) >= 11 is 0. The molecule has 6 N–H and O–H groups in total. The summed E-state index contributed by atoms with van der Waals surface area (Å²) in [5.74, 6) is -1.47. The van der Waals surface area contributed by atoms with Crippen molar-refractivity contribution in [2.24, 2.45) is 44.8 Å². The van der Waals surface area contributed by atoms with E-state index in [4.69, 9.17) is 33.2 Å². The van der Waals surface area contributed by atoms with Crippen LogP contribution in [0.25, 0.3) is 0 Å². The van der Waals surface area contributed by atoms with Crippen molar-refractivity contribution in [2.75, 3.05) is 13.2 Å². The van der Waals surface area contributed by atoms with Gasteiger partial charge in [-0.25, -0.2) is 0 Å². The molecule has 0 aromatic carbocycles. The second-order valence-electron chi connectivity index (χ2n) is 21.8. The molecule has 3 aliphatic heterocycles. The first-order valence-corrected chi connectivity index (χ1v) is 22.0. The maximum atomic E-state index is 12.3. The number of rotatable bonds is 8.